The van der Waals surface area contributed by atoms with E-state index in [-0.39, 0.29) is 15.5 Å². The minimum atomic E-state index is -3.61. The van der Waals surface area contributed by atoms with Crippen molar-refractivity contribution in [2.75, 3.05) is 51.1 Å². The van der Waals surface area contributed by atoms with E-state index in [9.17, 15) is 16.8 Å². The molecule has 40 heavy (non-hydrogen) atoms. The van der Waals surface area contributed by atoms with E-state index in [4.69, 9.17) is 4.84 Å². The number of nitrogens with zero attached hydrogens (tertiary/aromatic N) is 3. The topological polar surface area (TPSA) is 132 Å². The highest BCUT2D eigenvalue weighted by Crippen LogP contribution is 2.28. The van der Waals surface area contributed by atoms with Crippen LogP contribution in [-0.4, -0.2) is 78.9 Å². The van der Waals surface area contributed by atoms with Crippen molar-refractivity contribution >= 4 is 31.7 Å². The molecule has 11 nitrogen and oxygen atoms in total. The maximum atomic E-state index is 12.9. The molecule has 13 heteroatoms. The van der Waals surface area contributed by atoms with Gasteiger partial charge in [0.2, 0.25) is 9.84 Å². The molecule has 2 heterocycles. The number of sulfone groups is 2. The number of anilines is 1. The lowest BCUT2D eigenvalue weighted by molar-refractivity contribution is -0.0642. The number of hydrogen-bond acceptors (Lipinski definition) is 11. The zero-order valence-electron chi connectivity index (χ0n) is 22.7. The number of benzene rings is 2. The van der Waals surface area contributed by atoms with Crippen molar-refractivity contribution in [1.29, 1.82) is 0 Å². The molecule has 0 spiro atoms. The summed E-state index contributed by atoms with van der Waals surface area (Å²) in [5, 5.41) is 11.4. The normalized spacial score (nSPS) is 15.3. The van der Waals surface area contributed by atoms with Crippen molar-refractivity contribution in [3.05, 3.63) is 89.8 Å². The first-order valence-electron chi connectivity index (χ1n) is 12.6. The third kappa shape index (κ3) is 7.50. The molecule has 0 saturated carbocycles. The van der Waals surface area contributed by atoms with E-state index in [2.05, 4.69) is 20.9 Å². The molecule has 2 aromatic rings. The van der Waals surface area contributed by atoms with Crippen LogP contribution in [0.4, 0.5) is 5.69 Å². The predicted octanol–water partition coefficient (Wildman–Crippen LogP) is 2.29. The van der Waals surface area contributed by atoms with Crippen LogP contribution < -0.4 is 16.0 Å². The standard InChI is InChI=1S/C27H34N6O5S2/c1-32(16-17-39(3,34)35)15-7-14-28-26-18-24-25(19-33(26)38-2)29-20-30-27(24)31-21-10-12-23(13-11-21)40(36,37)22-8-5-4-6-9-22/h4-6,8-13,18-20,28,31H,7,14-17H2,1-3H3,(H,29,30). The molecule has 0 amide bonds. The van der Waals surface area contributed by atoms with Gasteiger partial charge in [0.1, 0.15) is 21.5 Å². The Balaban J connectivity index is 1.44. The minimum absolute atomic E-state index is 0.135. The fourth-order valence-corrected chi connectivity index (χ4v) is 5.97. The van der Waals surface area contributed by atoms with Gasteiger partial charge in [-0.2, -0.15) is 0 Å². The van der Waals surface area contributed by atoms with Gasteiger partial charge in [0.05, 0.1) is 40.9 Å². The second kappa shape index (κ2) is 12.7. The summed E-state index contributed by atoms with van der Waals surface area (Å²) in [5.74, 6) is 1.43. The zero-order valence-corrected chi connectivity index (χ0v) is 24.3. The highest BCUT2D eigenvalue weighted by Gasteiger charge is 2.23. The van der Waals surface area contributed by atoms with Crippen molar-refractivity contribution in [2.24, 2.45) is 4.99 Å². The predicted molar refractivity (Wildman–Crippen MR) is 155 cm³/mol. The van der Waals surface area contributed by atoms with Gasteiger partial charge in [-0.1, -0.05) is 18.2 Å². The summed E-state index contributed by atoms with van der Waals surface area (Å²) >= 11 is 0. The van der Waals surface area contributed by atoms with E-state index < -0.39 is 19.7 Å². The van der Waals surface area contributed by atoms with E-state index in [0.717, 1.165) is 24.2 Å². The van der Waals surface area contributed by atoms with Gasteiger partial charge >= 0.3 is 0 Å². The van der Waals surface area contributed by atoms with E-state index in [0.29, 0.717) is 30.4 Å². The Kier molecular flexibility index (Phi) is 9.30. The van der Waals surface area contributed by atoms with Gasteiger partial charge in [0.25, 0.3) is 0 Å². The van der Waals surface area contributed by atoms with Crippen LogP contribution in [0.1, 0.15) is 6.42 Å². The van der Waals surface area contributed by atoms with E-state index >= 15 is 0 Å². The molecule has 0 fully saturated rings. The fraction of sp³-hybridized carbons (Fsp3) is 0.296. The molecule has 4 rings (SSSR count). The molecule has 214 valence electrons. The van der Waals surface area contributed by atoms with Gasteiger partial charge in [-0.25, -0.2) is 26.9 Å². The van der Waals surface area contributed by atoms with Crippen molar-refractivity contribution in [2.45, 2.75) is 16.2 Å². The van der Waals surface area contributed by atoms with Gasteiger partial charge in [-0.15, -0.1) is 0 Å². The Bertz CT molecular complexity index is 1530. The van der Waals surface area contributed by atoms with E-state index in [1.54, 1.807) is 79.3 Å². The highest BCUT2D eigenvalue weighted by atomic mass is 32.2. The molecule has 2 aliphatic heterocycles. The maximum Gasteiger partial charge on any atom is 0.206 e. The number of allylic oxidation sites excluding steroid dienone is 1. The van der Waals surface area contributed by atoms with Gasteiger partial charge in [-0.3, -0.25) is 4.84 Å². The van der Waals surface area contributed by atoms with Crippen LogP contribution in [0.2, 0.25) is 0 Å². The van der Waals surface area contributed by atoms with Gasteiger partial charge in [0.15, 0.2) is 0 Å². The number of nitrogens with one attached hydrogen (secondary N) is 3. The zero-order chi connectivity index (χ0) is 28.8. The van der Waals surface area contributed by atoms with Crippen LogP contribution in [0.3, 0.4) is 0 Å². The molecular formula is C27H34N6O5S2. The molecule has 3 N–H and O–H groups in total. The van der Waals surface area contributed by atoms with Crippen LogP contribution in [-0.2, 0) is 24.5 Å². The van der Waals surface area contributed by atoms with Crippen LogP contribution in [0.5, 0.6) is 0 Å². The second-order valence-corrected chi connectivity index (χ2v) is 13.6. The number of fused-ring (bicyclic) bond motifs is 1. The fourth-order valence-electron chi connectivity index (χ4n) is 4.05. The lowest BCUT2D eigenvalue weighted by Crippen LogP contribution is -2.35. The Morgan fingerprint density at radius 3 is 2.38 bits per heavy atom. The summed E-state index contributed by atoms with van der Waals surface area (Å²) in [7, 11) is -3.12. The first kappa shape index (κ1) is 29.3. The lowest BCUT2D eigenvalue weighted by Gasteiger charge is -2.30. The molecule has 0 atom stereocenters. The minimum Gasteiger partial charge on any atom is -0.370 e. The van der Waals surface area contributed by atoms with E-state index in [1.165, 1.54) is 6.26 Å². The second-order valence-electron chi connectivity index (χ2n) is 9.42. The van der Waals surface area contributed by atoms with Crippen LogP contribution in [0.25, 0.3) is 0 Å². The highest BCUT2D eigenvalue weighted by molar-refractivity contribution is 7.91. The van der Waals surface area contributed by atoms with Crippen molar-refractivity contribution < 1.29 is 21.7 Å². The van der Waals surface area contributed by atoms with Crippen molar-refractivity contribution in [1.82, 2.24) is 20.6 Å². The molecule has 0 aliphatic carbocycles. The average molecular weight is 587 g/mol. The Morgan fingerprint density at radius 2 is 1.70 bits per heavy atom. The third-order valence-corrected chi connectivity index (χ3v) is 8.98. The molecule has 0 unspecified atom stereocenters. The summed E-state index contributed by atoms with van der Waals surface area (Å²) in [4.78, 5) is 12.4. The van der Waals surface area contributed by atoms with Crippen molar-refractivity contribution in [3.63, 3.8) is 0 Å². The molecule has 0 saturated heterocycles. The quantitative estimate of drug-likeness (QED) is 0.300. The smallest absolute Gasteiger partial charge is 0.206 e. The number of rotatable bonds is 13. The Morgan fingerprint density at radius 1 is 1.00 bits per heavy atom. The molecule has 0 aromatic heterocycles. The molecule has 0 radical (unpaired) electrons. The van der Waals surface area contributed by atoms with E-state index in [1.807, 2.05) is 18.0 Å². The van der Waals surface area contributed by atoms with Gasteiger partial charge in [0, 0.05) is 30.6 Å². The first-order valence-corrected chi connectivity index (χ1v) is 16.2. The van der Waals surface area contributed by atoms with Gasteiger partial charge in [-0.05, 0) is 62.5 Å². The Hall–Kier alpha value is -3.65. The Labute approximate surface area is 235 Å². The summed E-state index contributed by atoms with van der Waals surface area (Å²) < 4.78 is 48.6. The average Bonchev–Trinajstić information content (AvgIpc) is 2.94. The molecular weight excluding hydrogens is 552 g/mol. The largest absolute Gasteiger partial charge is 0.370 e. The summed E-state index contributed by atoms with van der Waals surface area (Å²) in [6.45, 7) is 1.87. The molecule has 2 aromatic carbocycles. The van der Waals surface area contributed by atoms with Crippen LogP contribution >= 0.6 is 0 Å². The monoisotopic (exact) mass is 586 g/mol. The third-order valence-electron chi connectivity index (χ3n) is 6.27. The summed E-state index contributed by atoms with van der Waals surface area (Å²) in [6.07, 6.45) is 7.32. The van der Waals surface area contributed by atoms with Crippen LogP contribution in [0.15, 0.2) is 105 Å². The number of aliphatic imine (C=N–C) groups is 1. The lowest BCUT2D eigenvalue weighted by atomic mass is 10.1. The number of hydroxylamine groups is 2. The SMILES string of the molecule is CON1C=C2NC=NC(Nc3ccc(S(=O)(=O)c4ccccc4)cc3)=C2C=C1NCCCN(C)CCS(C)(=O)=O. The van der Waals surface area contributed by atoms with Gasteiger partial charge < -0.3 is 20.9 Å². The maximum absolute atomic E-state index is 12.9. The first-order chi connectivity index (χ1) is 19.1. The molecule has 2 aliphatic rings. The molecule has 0 bridgehead atoms. The van der Waals surface area contributed by atoms with Crippen molar-refractivity contribution in [3.8, 4) is 0 Å². The van der Waals surface area contributed by atoms with Crippen LogP contribution in [0, 0.1) is 0 Å². The summed E-state index contributed by atoms with van der Waals surface area (Å²) in [6, 6.07) is 14.9. The number of hydrogen-bond donors (Lipinski definition) is 3. The summed E-state index contributed by atoms with van der Waals surface area (Å²) in [5.41, 5.74) is 2.25.